The highest BCUT2D eigenvalue weighted by Gasteiger charge is 2.06. The van der Waals surface area contributed by atoms with E-state index in [4.69, 9.17) is 0 Å². The molecule has 0 aromatic heterocycles. The number of non-ortho nitro benzene ring substituents is 1. The molecule has 120 valence electrons. The molecule has 1 aromatic carbocycles. The summed E-state index contributed by atoms with van der Waals surface area (Å²) in [5.41, 5.74) is 2.25. The van der Waals surface area contributed by atoms with Crippen molar-refractivity contribution in [3.8, 4) is 0 Å². The predicted octanol–water partition coefficient (Wildman–Crippen LogP) is 0.361. The molecular formula is C15H23N5O2. The average molecular weight is 305 g/mol. The highest BCUT2D eigenvalue weighted by Crippen LogP contribution is 2.12. The first kappa shape index (κ1) is 16.5. The fraction of sp³-hybridized carbons (Fsp3) is 0.533. The normalized spacial score (nSPS) is 17.9. The van der Waals surface area contributed by atoms with Gasteiger partial charge in [0, 0.05) is 63.5 Å². The van der Waals surface area contributed by atoms with Crippen LogP contribution < -0.4 is 16.0 Å². The lowest BCUT2D eigenvalue weighted by molar-refractivity contribution is -0.384. The molecule has 0 unspecified atom stereocenters. The lowest BCUT2D eigenvalue weighted by atomic mass is 10.1. The monoisotopic (exact) mass is 305 g/mol. The molecule has 0 bridgehead atoms. The average Bonchev–Trinajstić information content (AvgIpc) is 2.50. The summed E-state index contributed by atoms with van der Waals surface area (Å²) >= 11 is 0. The molecule has 7 nitrogen and oxygen atoms in total. The molecule has 2 rings (SSSR count). The van der Waals surface area contributed by atoms with Crippen LogP contribution in [0.3, 0.4) is 0 Å². The molecule has 0 amide bonds. The second-order valence-electron chi connectivity index (χ2n) is 5.23. The van der Waals surface area contributed by atoms with Crippen molar-refractivity contribution in [2.75, 3.05) is 45.8 Å². The largest absolute Gasteiger partial charge is 0.314 e. The first-order chi connectivity index (χ1) is 10.8. The Morgan fingerprint density at radius 2 is 1.64 bits per heavy atom. The van der Waals surface area contributed by atoms with Crippen LogP contribution >= 0.6 is 0 Å². The van der Waals surface area contributed by atoms with Crippen molar-refractivity contribution in [3.63, 3.8) is 0 Å². The Morgan fingerprint density at radius 1 is 1.00 bits per heavy atom. The Morgan fingerprint density at radius 3 is 2.32 bits per heavy atom. The van der Waals surface area contributed by atoms with Crippen LogP contribution in [-0.4, -0.2) is 56.4 Å². The van der Waals surface area contributed by atoms with E-state index in [1.54, 1.807) is 24.3 Å². The van der Waals surface area contributed by atoms with Crippen LogP contribution in [0, 0.1) is 10.1 Å². The van der Waals surface area contributed by atoms with E-state index in [0.29, 0.717) is 0 Å². The van der Waals surface area contributed by atoms with Crippen LogP contribution in [0.2, 0.25) is 0 Å². The van der Waals surface area contributed by atoms with E-state index in [1.165, 1.54) is 0 Å². The lowest BCUT2D eigenvalue weighted by Gasteiger charge is -2.12. The molecule has 3 N–H and O–H groups in total. The first-order valence-electron chi connectivity index (χ1n) is 7.63. The lowest BCUT2D eigenvalue weighted by Crippen LogP contribution is -2.36. The second kappa shape index (κ2) is 9.24. The summed E-state index contributed by atoms with van der Waals surface area (Å²) in [4.78, 5) is 14.9. The third kappa shape index (κ3) is 5.88. The van der Waals surface area contributed by atoms with Crippen molar-refractivity contribution >= 4 is 11.4 Å². The van der Waals surface area contributed by atoms with Gasteiger partial charge in [0.2, 0.25) is 0 Å². The van der Waals surface area contributed by atoms with E-state index in [2.05, 4.69) is 20.9 Å². The number of hydrogen-bond acceptors (Lipinski definition) is 6. The van der Waals surface area contributed by atoms with Crippen LogP contribution in [0.25, 0.3) is 0 Å². The number of nitro groups is 1. The van der Waals surface area contributed by atoms with Crippen LogP contribution in [0.15, 0.2) is 29.3 Å². The highest BCUT2D eigenvalue weighted by atomic mass is 16.6. The van der Waals surface area contributed by atoms with E-state index < -0.39 is 0 Å². The zero-order valence-electron chi connectivity index (χ0n) is 12.7. The minimum Gasteiger partial charge on any atom is -0.314 e. The molecule has 22 heavy (non-hydrogen) atoms. The minimum absolute atomic E-state index is 0.123. The fourth-order valence-corrected chi connectivity index (χ4v) is 2.27. The van der Waals surface area contributed by atoms with Gasteiger partial charge in [-0.25, -0.2) is 0 Å². The topological polar surface area (TPSA) is 91.6 Å². The molecule has 0 aliphatic carbocycles. The van der Waals surface area contributed by atoms with Gasteiger partial charge in [-0.2, -0.15) is 0 Å². The van der Waals surface area contributed by atoms with Gasteiger partial charge in [0.05, 0.1) is 11.5 Å². The molecule has 0 atom stereocenters. The Balaban J connectivity index is 1.95. The summed E-state index contributed by atoms with van der Waals surface area (Å²) in [7, 11) is 0. The minimum atomic E-state index is -0.377. The summed E-state index contributed by atoms with van der Waals surface area (Å²) in [5, 5.41) is 20.8. The zero-order valence-corrected chi connectivity index (χ0v) is 12.7. The maximum Gasteiger partial charge on any atom is 0.269 e. The number of rotatable bonds is 3. The van der Waals surface area contributed by atoms with Gasteiger partial charge in [0.15, 0.2) is 0 Å². The van der Waals surface area contributed by atoms with Crippen molar-refractivity contribution in [3.05, 3.63) is 39.9 Å². The van der Waals surface area contributed by atoms with E-state index in [9.17, 15) is 10.1 Å². The zero-order chi connectivity index (χ0) is 15.6. The van der Waals surface area contributed by atoms with Gasteiger partial charge < -0.3 is 16.0 Å². The summed E-state index contributed by atoms with van der Waals surface area (Å²) in [6.45, 7) is 6.13. The van der Waals surface area contributed by atoms with Crippen LogP contribution in [0.1, 0.15) is 5.56 Å². The van der Waals surface area contributed by atoms with Gasteiger partial charge in [-0.1, -0.05) is 12.1 Å². The number of hydrogen-bond donors (Lipinski definition) is 3. The Bertz CT molecular complexity index is 501. The molecule has 0 radical (unpaired) electrons. The van der Waals surface area contributed by atoms with E-state index in [-0.39, 0.29) is 10.6 Å². The maximum absolute atomic E-state index is 10.7. The number of nitrogens with zero attached hydrogens (tertiary/aromatic N) is 2. The Labute approximate surface area is 130 Å². The van der Waals surface area contributed by atoms with Crippen molar-refractivity contribution in [2.24, 2.45) is 4.99 Å². The number of aliphatic imine (C=N–C) groups is 1. The van der Waals surface area contributed by atoms with Crippen molar-refractivity contribution in [1.82, 2.24) is 16.0 Å². The maximum atomic E-state index is 10.7. The molecule has 0 saturated heterocycles. The molecule has 1 aliphatic rings. The van der Waals surface area contributed by atoms with Crippen LogP contribution in [-0.2, 0) is 6.42 Å². The molecular weight excluding hydrogens is 282 g/mol. The molecule has 0 saturated carbocycles. The van der Waals surface area contributed by atoms with Gasteiger partial charge >= 0.3 is 0 Å². The Hall–Kier alpha value is -1.83. The third-order valence-corrected chi connectivity index (χ3v) is 3.47. The fourth-order valence-electron chi connectivity index (χ4n) is 2.27. The standard InChI is InChI=1S/C15H23N5O2/c21-20(22)15-3-1-13(2-4-15)11-14-12-18-8-7-16-5-6-17-9-10-19-14/h1-4,16-18H,5-12H2. The van der Waals surface area contributed by atoms with Gasteiger partial charge in [-0.15, -0.1) is 0 Å². The molecule has 1 heterocycles. The first-order valence-corrected chi connectivity index (χ1v) is 7.63. The van der Waals surface area contributed by atoms with Crippen LogP contribution in [0.5, 0.6) is 0 Å². The van der Waals surface area contributed by atoms with Gasteiger partial charge in [-0.05, 0) is 5.56 Å². The molecule has 1 aliphatic heterocycles. The highest BCUT2D eigenvalue weighted by molar-refractivity contribution is 5.88. The van der Waals surface area contributed by atoms with E-state index >= 15 is 0 Å². The summed E-state index contributed by atoms with van der Waals surface area (Å²) in [5.74, 6) is 0. The quantitative estimate of drug-likeness (QED) is 0.554. The van der Waals surface area contributed by atoms with Crippen molar-refractivity contribution in [1.29, 1.82) is 0 Å². The molecule has 0 fully saturated rings. The smallest absolute Gasteiger partial charge is 0.269 e. The second-order valence-corrected chi connectivity index (χ2v) is 5.23. The number of benzene rings is 1. The molecule has 1 aromatic rings. The predicted molar refractivity (Wildman–Crippen MR) is 87.7 cm³/mol. The summed E-state index contributed by atoms with van der Waals surface area (Å²) < 4.78 is 0. The Kier molecular flexibility index (Phi) is 6.95. The van der Waals surface area contributed by atoms with E-state index in [0.717, 1.165) is 63.5 Å². The van der Waals surface area contributed by atoms with Crippen LogP contribution in [0.4, 0.5) is 5.69 Å². The van der Waals surface area contributed by atoms with Crippen molar-refractivity contribution in [2.45, 2.75) is 6.42 Å². The van der Waals surface area contributed by atoms with Gasteiger partial charge in [0.1, 0.15) is 0 Å². The summed E-state index contributed by atoms with van der Waals surface area (Å²) in [6, 6.07) is 6.70. The van der Waals surface area contributed by atoms with Gasteiger partial charge in [0.25, 0.3) is 5.69 Å². The molecule has 0 spiro atoms. The van der Waals surface area contributed by atoms with Crippen molar-refractivity contribution < 1.29 is 4.92 Å². The SMILES string of the molecule is O=[N+]([O-])c1ccc(CC2=NCCNCCNCCNC2)cc1. The molecule has 7 heteroatoms. The van der Waals surface area contributed by atoms with E-state index in [1.807, 2.05) is 0 Å². The number of nitrogens with one attached hydrogen (secondary N) is 3. The third-order valence-electron chi connectivity index (χ3n) is 3.47. The number of nitro benzene ring substituents is 1. The van der Waals surface area contributed by atoms with Gasteiger partial charge in [-0.3, -0.25) is 15.1 Å². The summed E-state index contributed by atoms with van der Waals surface area (Å²) in [6.07, 6.45) is 0.721.